The van der Waals surface area contributed by atoms with Crippen LogP contribution in [0.15, 0.2) is 18.3 Å². The lowest BCUT2D eigenvalue weighted by atomic mass is 9.80. The first-order valence-electron chi connectivity index (χ1n) is 4.08. The molecule has 1 N–H and O–H groups in total. The molecule has 2 nitrogen and oxygen atoms in total. The van der Waals surface area contributed by atoms with Gasteiger partial charge in [-0.1, -0.05) is 20.8 Å². The molecular formula is C10H14N2. The number of nitriles is 1. The van der Waals surface area contributed by atoms with Crippen LogP contribution < -0.4 is 0 Å². The first-order valence-corrected chi connectivity index (χ1v) is 4.08. The van der Waals surface area contributed by atoms with Gasteiger partial charge in [0.2, 0.25) is 0 Å². The summed E-state index contributed by atoms with van der Waals surface area (Å²) in [5.41, 5.74) is 1.00. The molecule has 0 aliphatic heterocycles. The Morgan fingerprint density at radius 2 is 2.17 bits per heavy atom. The highest BCUT2D eigenvalue weighted by Gasteiger charge is 2.26. The molecule has 0 radical (unpaired) electrons. The molecule has 1 unspecified atom stereocenters. The molecule has 1 aromatic rings. The van der Waals surface area contributed by atoms with Crippen LogP contribution in [0.3, 0.4) is 0 Å². The summed E-state index contributed by atoms with van der Waals surface area (Å²) in [7, 11) is 0. The average molecular weight is 162 g/mol. The number of hydrogen-bond acceptors (Lipinski definition) is 1. The second kappa shape index (κ2) is 3.02. The van der Waals surface area contributed by atoms with E-state index in [1.54, 1.807) is 0 Å². The standard InChI is InChI=1S/C10H14N2/c1-10(2,3)8(7-11)9-5-4-6-12-9/h4-6,8,12H,1-3H3. The van der Waals surface area contributed by atoms with Gasteiger partial charge in [-0.3, -0.25) is 0 Å². The number of rotatable bonds is 1. The van der Waals surface area contributed by atoms with Crippen LogP contribution >= 0.6 is 0 Å². The molecule has 0 spiro atoms. The maximum absolute atomic E-state index is 8.96. The molecule has 1 heterocycles. The van der Waals surface area contributed by atoms with Crippen molar-refractivity contribution in [1.82, 2.24) is 4.98 Å². The number of aromatic amines is 1. The minimum atomic E-state index is -0.0486. The van der Waals surface area contributed by atoms with E-state index in [9.17, 15) is 0 Å². The monoisotopic (exact) mass is 162 g/mol. The summed E-state index contributed by atoms with van der Waals surface area (Å²) in [5, 5.41) is 8.96. The zero-order chi connectivity index (χ0) is 9.19. The van der Waals surface area contributed by atoms with E-state index >= 15 is 0 Å². The lowest BCUT2D eigenvalue weighted by molar-refractivity contribution is 0.368. The van der Waals surface area contributed by atoms with Gasteiger partial charge in [0.05, 0.1) is 12.0 Å². The number of nitrogens with zero attached hydrogens (tertiary/aromatic N) is 1. The van der Waals surface area contributed by atoms with Crippen molar-refractivity contribution in [2.24, 2.45) is 5.41 Å². The first-order chi connectivity index (χ1) is 5.55. The molecule has 1 atom stereocenters. The Hall–Kier alpha value is -1.23. The maximum Gasteiger partial charge on any atom is 0.0910 e. The Labute approximate surface area is 73.2 Å². The maximum atomic E-state index is 8.96. The zero-order valence-corrected chi connectivity index (χ0v) is 7.76. The summed E-state index contributed by atoms with van der Waals surface area (Å²) in [6.07, 6.45) is 1.85. The summed E-state index contributed by atoms with van der Waals surface area (Å²) >= 11 is 0. The summed E-state index contributed by atoms with van der Waals surface area (Å²) in [6, 6.07) is 6.19. The molecule has 0 aliphatic rings. The van der Waals surface area contributed by atoms with Gasteiger partial charge < -0.3 is 4.98 Å². The zero-order valence-electron chi connectivity index (χ0n) is 7.76. The summed E-state index contributed by atoms with van der Waals surface area (Å²) < 4.78 is 0. The van der Waals surface area contributed by atoms with Crippen molar-refractivity contribution in [3.63, 3.8) is 0 Å². The van der Waals surface area contributed by atoms with E-state index < -0.39 is 0 Å². The van der Waals surface area contributed by atoms with Crippen LogP contribution in [0.5, 0.6) is 0 Å². The quantitative estimate of drug-likeness (QED) is 0.677. The predicted octanol–water partition coefficient (Wildman–Crippen LogP) is 2.67. The molecule has 1 rings (SSSR count). The fourth-order valence-electron chi connectivity index (χ4n) is 1.25. The van der Waals surface area contributed by atoms with Gasteiger partial charge in [-0.15, -0.1) is 0 Å². The molecule has 0 aromatic carbocycles. The van der Waals surface area contributed by atoms with Gasteiger partial charge in [0.25, 0.3) is 0 Å². The van der Waals surface area contributed by atoms with Gasteiger partial charge in [0.15, 0.2) is 0 Å². The van der Waals surface area contributed by atoms with Gasteiger partial charge in [-0.05, 0) is 17.5 Å². The van der Waals surface area contributed by atoms with Crippen LogP contribution in [0.4, 0.5) is 0 Å². The van der Waals surface area contributed by atoms with Crippen LogP contribution in [0, 0.1) is 16.7 Å². The van der Waals surface area contributed by atoms with E-state index in [0.717, 1.165) is 5.69 Å². The van der Waals surface area contributed by atoms with E-state index in [1.165, 1.54) is 0 Å². The Bertz CT molecular complexity index is 272. The highest BCUT2D eigenvalue weighted by Crippen LogP contribution is 2.33. The fourth-order valence-corrected chi connectivity index (χ4v) is 1.25. The second-order valence-electron chi connectivity index (χ2n) is 4.05. The van der Waals surface area contributed by atoms with E-state index in [1.807, 2.05) is 18.3 Å². The Balaban J connectivity index is 2.94. The van der Waals surface area contributed by atoms with E-state index in [-0.39, 0.29) is 11.3 Å². The Morgan fingerprint density at radius 1 is 1.50 bits per heavy atom. The van der Waals surface area contributed by atoms with Crippen molar-refractivity contribution in [3.05, 3.63) is 24.0 Å². The largest absolute Gasteiger partial charge is 0.364 e. The first kappa shape index (κ1) is 8.86. The second-order valence-corrected chi connectivity index (χ2v) is 4.05. The topological polar surface area (TPSA) is 39.6 Å². The van der Waals surface area contributed by atoms with Gasteiger partial charge in [0.1, 0.15) is 0 Å². The summed E-state index contributed by atoms with van der Waals surface area (Å²) in [4.78, 5) is 3.07. The molecule has 0 aliphatic carbocycles. The third kappa shape index (κ3) is 1.68. The highest BCUT2D eigenvalue weighted by atomic mass is 14.7. The van der Waals surface area contributed by atoms with Crippen LogP contribution in [0.2, 0.25) is 0 Å². The Kier molecular flexibility index (Phi) is 2.23. The minimum Gasteiger partial charge on any atom is -0.364 e. The van der Waals surface area contributed by atoms with Crippen molar-refractivity contribution < 1.29 is 0 Å². The van der Waals surface area contributed by atoms with Crippen molar-refractivity contribution in [1.29, 1.82) is 5.26 Å². The lowest BCUT2D eigenvalue weighted by Gasteiger charge is -2.23. The van der Waals surface area contributed by atoms with Crippen molar-refractivity contribution in [3.8, 4) is 6.07 Å². The number of H-pyrrole nitrogens is 1. The molecule has 0 amide bonds. The molecule has 64 valence electrons. The van der Waals surface area contributed by atoms with Crippen LogP contribution in [0.1, 0.15) is 32.4 Å². The number of aromatic nitrogens is 1. The predicted molar refractivity (Wildman–Crippen MR) is 48.6 cm³/mol. The number of nitrogens with one attached hydrogen (secondary N) is 1. The summed E-state index contributed by atoms with van der Waals surface area (Å²) in [5.74, 6) is -0.0486. The highest BCUT2D eigenvalue weighted by molar-refractivity contribution is 5.20. The number of hydrogen-bond donors (Lipinski definition) is 1. The van der Waals surface area contributed by atoms with E-state index in [2.05, 4.69) is 31.8 Å². The smallest absolute Gasteiger partial charge is 0.0910 e. The molecule has 2 heteroatoms. The molecule has 0 saturated carbocycles. The van der Waals surface area contributed by atoms with Gasteiger partial charge in [-0.25, -0.2) is 0 Å². The molecule has 0 bridgehead atoms. The summed E-state index contributed by atoms with van der Waals surface area (Å²) in [6.45, 7) is 6.21. The fraction of sp³-hybridized carbons (Fsp3) is 0.500. The van der Waals surface area contributed by atoms with E-state index in [0.29, 0.717) is 0 Å². The Morgan fingerprint density at radius 3 is 2.50 bits per heavy atom. The molecule has 0 fully saturated rings. The minimum absolute atomic E-state index is 0.000394. The lowest BCUT2D eigenvalue weighted by Crippen LogP contribution is -2.16. The van der Waals surface area contributed by atoms with Crippen molar-refractivity contribution in [2.75, 3.05) is 0 Å². The van der Waals surface area contributed by atoms with Crippen LogP contribution in [-0.4, -0.2) is 4.98 Å². The van der Waals surface area contributed by atoms with Gasteiger partial charge in [0, 0.05) is 11.9 Å². The van der Waals surface area contributed by atoms with E-state index in [4.69, 9.17) is 5.26 Å². The third-order valence-corrected chi connectivity index (χ3v) is 1.93. The third-order valence-electron chi connectivity index (χ3n) is 1.93. The average Bonchev–Trinajstić information content (AvgIpc) is 2.38. The van der Waals surface area contributed by atoms with Crippen molar-refractivity contribution in [2.45, 2.75) is 26.7 Å². The molecule has 1 aromatic heterocycles. The van der Waals surface area contributed by atoms with Gasteiger partial charge >= 0.3 is 0 Å². The molecular weight excluding hydrogens is 148 g/mol. The van der Waals surface area contributed by atoms with Gasteiger partial charge in [-0.2, -0.15) is 5.26 Å². The van der Waals surface area contributed by atoms with Crippen LogP contribution in [-0.2, 0) is 0 Å². The van der Waals surface area contributed by atoms with Crippen LogP contribution in [0.25, 0.3) is 0 Å². The molecule has 12 heavy (non-hydrogen) atoms. The SMILES string of the molecule is CC(C)(C)C(C#N)c1ccc[nH]1. The normalized spacial score (nSPS) is 13.8. The van der Waals surface area contributed by atoms with Crippen molar-refractivity contribution >= 4 is 0 Å². The molecule has 0 saturated heterocycles.